The zero-order valence-corrected chi connectivity index (χ0v) is 11.7. The van der Waals surface area contributed by atoms with E-state index >= 15 is 0 Å². The molecule has 1 aromatic heterocycles. The van der Waals surface area contributed by atoms with Crippen molar-refractivity contribution in [3.05, 3.63) is 16.1 Å². The molecule has 1 saturated carbocycles. The van der Waals surface area contributed by atoms with Gasteiger partial charge in [-0.3, -0.25) is 0 Å². The van der Waals surface area contributed by atoms with E-state index in [2.05, 4.69) is 38.9 Å². The maximum Gasteiger partial charge on any atom is 0.0896 e. The van der Waals surface area contributed by atoms with E-state index in [9.17, 15) is 0 Å². The van der Waals surface area contributed by atoms with E-state index in [1.165, 1.54) is 35.6 Å². The summed E-state index contributed by atoms with van der Waals surface area (Å²) in [6, 6.07) is 0. The van der Waals surface area contributed by atoms with Crippen LogP contribution in [0.5, 0.6) is 0 Å². The minimum absolute atomic E-state index is 0.495. The van der Waals surface area contributed by atoms with E-state index in [0.29, 0.717) is 5.41 Å². The first-order valence-electron chi connectivity index (χ1n) is 6.39. The van der Waals surface area contributed by atoms with Crippen LogP contribution in [-0.4, -0.2) is 4.98 Å². The molecule has 1 aliphatic carbocycles. The van der Waals surface area contributed by atoms with Gasteiger partial charge in [0.15, 0.2) is 0 Å². The van der Waals surface area contributed by atoms with E-state index in [4.69, 9.17) is 0 Å². The number of hydrogen-bond donors (Lipinski definition) is 0. The summed E-state index contributed by atoms with van der Waals surface area (Å²) in [6.45, 7) is 9.26. The van der Waals surface area contributed by atoms with Crippen molar-refractivity contribution >= 4 is 11.3 Å². The van der Waals surface area contributed by atoms with E-state index in [-0.39, 0.29) is 0 Å². The van der Waals surface area contributed by atoms with Crippen LogP contribution in [0.1, 0.15) is 62.3 Å². The van der Waals surface area contributed by atoms with Gasteiger partial charge < -0.3 is 0 Å². The van der Waals surface area contributed by atoms with Gasteiger partial charge >= 0.3 is 0 Å². The van der Waals surface area contributed by atoms with Crippen LogP contribution in [0.3, 0.4) is 0 Å². The summed E-state index contributed by atoms with van der Waals surface area (Å²) in [5.74, 6) is 1.71. The largest absolute Gasteiger partial charge is 0.250 e. The van der Waals surface area contributed by atoms with Crippen LogP contribution in [0, 0.1) is 18.3 Å². The fraction of sp³-hybridized carbons (Fsp3) is 0.786. The highest BCUT2D eigenvalue weighted by molar-refractivity contribution is 7.11. The first-order valence-corrected chi connectivity index (χ1v) is 7.21. The lowest BCUT2D eigenvalue weighted by molar-refractivity contribution is 0.170. The molecule has 0 amide bonds. The van der Waals surface area contributed by atoms with Crippen molar-refractivity contribution < 1.29 is 0 Å². The van der Waals surface area contributed by atoms with Gasteiger partial charge in [-0.25, -0.2) is 4.98 Å². The summed E-state index contributed by atoms with van der Waals surface area (Å²) in [4.78, 5) is 5.90. The molecule has 0 radical (unpaired) electrons. The Hall–Kier alpha value is -0.370. The second kappa shape index (κ2) is 4.48. The highest BCUT2D eigenvalue weighted by Gasteiger charge is 2.30. The molecule has 2 rings (SSSR count). The van der Waals surface area contributed by atoms with Gasteiger partial charge in [-0.2, -0.15) is 0 Å². The summed E-state index contributed by atoms with van der Waals surface area (Å²) < 4.78 is 0. The normalized spacial score (nSPS) is 27.0. The van der Waals surface area contributed by atoms with Crippen molar-refractivity contribution in [1.29, 1.82) is 0 Å². The minimum Gasteiger partial charge on any atom is -0.250 e. The van der Waals surface area contributed by atoms with Crippen LogP contribution in [0.4, 0.5) is 0 Å². The fourth-order valence-electron chi connectivity index (χ4n) is 2.81. The van der Waals surface area contributed by atoms with Gasteiger partial charge in [0.2, 0.25) is 0 Å². The lowest BCUT2D eigenvalue weighted by atomic mass is 9.70. The molecule has 2 heteroatoms. The first kappa shape index (κ1) is 12.1. The van der Waals surface area contributed by atoms with Crippen molar-refractivity contribution in [2.45, 2.75) is 59.3 Å². The first-order chi connectivity index (χ1) is 7.47. The Morgan fingerprint density at radius 3 is 2.25 bits per heavy atom. The second-order valence-electron chi connectivity index (χ2n) is 6.20. The van der Waals surface area contributed by atoms with Crippen LogP contribution in [-0.2, 0) is 0 Å². The molecule has 1 heterocycles. The quantitative estimate of drug-likeness (QED) is 0.685. The molecule has 0 aliphatic heterocycles. The molecule has 0 saturated heterocycles. The number of hydrogen-bond acceptors (Lipinski definition) is 2. The topological polar surface area (TPSA) is 12.9 Å². The zero-order valence-electron chi connectivity index (χ0n) is 10.9. The Labute approximate surface area is 103 Å². The number of nitrogens with zero attached hydrogens (tertiary/aromatic N) is 1. The lowest BCUT2D eigenvalue weighted by Crippen LogP contribution is -2.25. The van der Waals surface area contributed by atoms with E-state index in [0.717, 1.165) is 11.8 Å². The second-order valence-corrected chi connectivity index (χ2v) is 7.46. The van der Waals surface area contributed by atoms with Crippen molar-refractivity contribution in [1.82, 2.24) is 4.98 Å². The highest BCUT2D eigenvalue weighted by Crippen LogP contribution is 2.44. The highest BCUT2D eigenvalue weighted by atomic mass is 32.1. The number of aromatic nitrogens is 1. The third-order valence-electron chi connectivity index (χ3n) is 3.99. The summed E-state index contributed by atoms with van der Waals surface area (Å²) in [5.41, 5.74) is 0.495. The maximum atomic E-state index is 4.38. The van der Waals surface area contributed by atoms with Crippen LogP contribution in [0.2, 0.25) is 0 Å². The molecule has 0 spiro atoms. The average Bonchev–Trinajstić information content (AvgIpc) is 2.64. The Balaban J connectivity index is 1.95. The SMILES string of the molecule is Cc1ncc(C2CCC(C(C)(C)C)CC2)s1. The van der Waals surface area contributed by atoms with Gasteiger partial charge in [0.25, 0.3) is 0 Å². The predicted molar refractivity (Wildman–Crippen MR) is 71.0 cm³/mol. The van der Waals surface area contributed by atoms with Crippen LogP contribution in [0.15, 0.2) is 6.20 Å². The van der Waals surface area contributed by atoms with E-state index < -0.39 is 0 Å². The molecule has 0 aromatic carbocycles. The van der Waals surface area contributed by atoms with Crippen LogP contribution >= 0.6 is 11.3 Å². The van der Waals surface area contributed by atoms with E-state index in [1.54, 1.807) is 0 Å². The van der Waals surface area contributed by atoms with Gasteiger partial charge in [-0.05, 0) is 49.9 Å². The summed E-state index contributed by atoms with van der Waals surface area (Å²) in [7, 11) is 0. The molecular formula is C14H23NS. The van der Waals surface area contributed by atoms with Crippen LogP contribution in [0.25, 0.3) is 0 Å². The predicted octanol–water partition coefficient (Wildman–Crippen LogP) is 4.77. The van der Waals surface area contributed by atoms with Crippen molar-refractivity contribution in [2.24, 2.45) is 11.3 Å². The Morgan fingerprint density at radius 2 is 1.81 bits per heavy atom. The number of thiazole rings is 1. The monoisotopic (exact) mass is 237 g/mol. The summed E-state index contributed by atoms with van der Waals surface area (Å²) in [5, 5.41) is 1.22. The summed E-state index contributed by atoms with van der Waals surface area (Å²) >= 11 is 1.89. The summed E-state index contributed by atoms with van der Waals surface area (Å²) in [6.07, 6.45) is 7.62. The molecule has 1 aliphatic rings. The number of rotatable bonds is 1. The standard InChI is InChI=1S/C14H23NS/c1-10-15-9-13(16-10)11-5-7-12(8-6-11)14(2,3)4/h9,11-12H,5-8H2,1-4H3. The third-order valence-corrected chi connectivity index (χ3v) is 5.07. The molecule has 0 unspecified atom stereocenters. The Kier molecular flexibility index (Phi) is 3.39. The average molecular weight is 237 g/mol. The molecule has 0 N–H and O–H groups in total. The molecule has 1 aromatic rings. The van der Waals surface area contributed by atoms with Crippen molar-refractivity contribution in [3.63, 3.8) is 0 Å². The van der Waals surface area contributed by atoms with Gasteiger partial charge in [0.1, 0.15) is 0 Å². The lowest BCUT2D eigenvalue weighted by Gasteiger charge is -2.36. The minimum atomic E-state index is 0.495. The van der Waals surface area contributed by atoms with Gasteiger partial charge in [-0.15, -0.1) is 11.3 Å². The van der Waals surface area contributed by atoms with Gasteiger partial charge in [0.05, 0.1) is 5.01 Å². The van der Waals surface area contributed by atoms with Crippen molar-refractivity contribution in [2.75, 3.05) is 0 Å². The van der Waals surface area contributed by atoms with Gasteiger partial charge in [-0.1, -0.05) is 20.8 Å². The molecule has 0 atom stereocenters. The van der Waals surface area contributed by atoms with Crippen LogP contribution < -0.4 is 0 Å². The van der Waals surface area contributed by atoms with E-state index in [1.807, 2.05) is 11.3 Å². The molecule has 16 heavy (non-hydrogen) atoms. The Bertz CT molecular complexity index is 340. The molecule has 90 valence electrons. The molecular weight excluding hydrogens is 214 g/mol. The fourth-order valence-corrected chi connectivity index (χ4v) is 3.76. The maximum absolute atomic E-state index is 4.38. The van der Waals surface area contributed by atoms with Crippen molar-refractivity contribution in [3.8, 4) is 0 Å². The van der Waals surface area contributed by atoms with Gasteiger partial charge in [0, 0.05) is 11.1 Å². The molecule has 1 fully saturated rings. The Morgan fingerprint density at radius 1 is 1.19 bits per heavy atom. The molecule has 0 bridgehead atoms. The third kappa shape index (κ3) is 2.65. The smallest absolute Gasteiger partial charge is 0.0896 e. The number of aryl methyl sites for hydroxylation is 1. The zero-order chi connectivity index (χ0) is 11.8. The molecule has 1 nitrogen and oxygen atoms in total.